The van der Waals surface area contributed by atoms with Gasteiger partial charge >= 0.3 is 0 Å². The van der Waals surface area contributed by atoms with E-state index in [4.69, 9.17) is 10.5 Å². The lowest BCUT2D eigenvalue weighted by Crippen LogP contribution is -1.99. The molecule has 3 aromatic rings. The molecule has 0 spiro atoms. The van der Waals surface area contributed by atoms with Gasteiger partial charge in [0, 0.05) is 37.5 Å². The molecule has 3 rings (SSSR count). The van der Waals surface area contributed by atoms with Crippen LogP contribution in [0, 0.1) is 5.82 Å². The number of pyridine rings is 1. The topological polar surface area (TPSA) is 66.0 Å². The number of rotatable bonds is 5. The summed E-state index contributed by atoms with van der Waals surface area (Å²) in [5.41, 5.74) is 8.86. The smallest absolute Gasteiger partial charge is 0.217 e. The Morgan fingerprint density at radius 3 is 2.60 bits per heavy atom. The third-order valence-corrected chi connectivity index (χ3v) is 3.94. The zero-order chi connectivity index (χ0) is 18.0. The normalized spacial score (nSPS) is 11.1. The molecule has 0 fully saturated rings. The number of aryl methyl sites for hydroxylation is 1. The maximum Gasteiger partial charge on any atom is 0.217 e. The van der Waals surface area contributed by atoms with E-state index in [1.807, 2.05) is 18.2 Å². The SMILES string of the molecule is CC(C)c1cc(Oc2cc(F)ccc2-c2ccc(CN)cn2)n(C)n1. The van der Waals surface area contributed by atoms with Crippen molar-refractivity contribution < 1.29 is 9.13 Å². The number of benzene rings is 1. The highest BCUT2D eigenvalue weighted by molar-refractivity contribution is 5.67. The van der Waals surface area contributed by atoms with Gasteiger partial charge in [0.25, 0.3) is 0 Å². The molecule has 0 aliphatic carbocycles. The molecule has 0 aliphatic heterocycles. The minimum absolute atomic E-state index is 0.279. The van der Waals surface area contributed by atoms with Gasteiger partial charge in [-0.25, -0.2) is 9.07 Å². The standard InChI is InChI=1S/C19H21FN4O/c1-12(2)17-9-19(24(3)23-17)25-18-8-14(20)5-6-15(18)16-7-4-13(10-21)11-22-16/h4-9,11-12H,10,21H2,1-3H3. The fourth-order valence-corrected chi connectivity index (χ4v) is 2.46. The van der Waals surface area contributed by atoms with E-state index < -0.39 is 0 Å². The Morgan fingerprint density at radius 2 is 2.00 bits per heavy atom. The molecule has 0 aliphatic rings. The van der Waals surface area contributed by atoms with Crippen molar-refractivity contribution in [1.29, 1.82) is 0 Å². The lowest BCUT2D eigenvalue weighted by atomic mass is 10.1. The Kier molecular flexibility index (Phi) is 4.81. The average Bonchev–Trinajstić information content (AvgIpc) is 2.96. The van der Waals surface area contributed by atoms with Gasteiger partial charge in [0.05, 0.1) is 11.4 Å². The van der Waals surface area contributed by atoms with Crippen LogP contribution in [0.25, 0.3) is 11.3 Å². The third-order valence-electron chi connectivity index (χ3n) is 3.94. The van der Waals surface area contributed by atoms with Gasteiger partial charge < -0.3 is 10.5 Å². The van der Waals surface area contributed by atoms with Gasteiger partial charge in [-0.2, -0.15) is 5.10 Å². The van der Waals surface area contributed by atoms with Crippen LogP contribution in [-0.2, 0) is 13.6 Å². The molecule has 0 atom stereocenters. The van der Waals surface area contributed by atoms with Gasteiger partial charge in [-0.1, -0.05) is 19.9 Å². The van der Waals surface area contributed by atoms with Gasteiger partial charge in [-0.15, -0.1) is 0 Å². The molecule has 6 heteroatoms. The maximum absolute atomic E-state index is 13.8. The second-order valence-corrected chi connectivity index (χ2v) is 6.18. The summed E-state index contributed by atoms with van der Waals surface area (Å²) in [6.45, 7) is 4.54. The molecule has 1 aromatic carbocycles. The largest absolute Gasteiger partial charge is 0.438 e. The highest BCUT2D eigenvalue weighted by Gasteiger charge is 2.14. The number of aromatic nitrogens is 3. The Hall–Kier alpha value is -2.73. The molecule has 2 heterocycles. The average molecular weight is 340 g/mol. The van der Waals surface area contributed by atoms with Crippen LogP contribution in [0.5, 0.6) is 11.6 Å². The number of nitrogens with zero attached hydrogens (tertiary/aromatic N) is 3. The van der Waals surface area contributed by atoms with Crippen LogP contribution in [0.1, 0.15) is 31.0 Å². The fourth-order valence-electron chi connectivity index (χ4n) is 2.46. The second-order valence-electron chi connectivity index (χ2n) is 6.18. The first-order chi connectivity index (χ1) is 12.0. The van der Waals surface area contributed by atoms with Crippen LogP contribution >= 0.6 is 0 Å². The van der Waals surface area contributed by atoms with Crippen LogP contribution in [0.15, 0.2) is 42.6 Å². The van der Waals surface area contributed by atoms with Crippen LogP contribution < -0.4 is 10.5 Å². The Bertz CT molecular complexity index is 872. The summed E-state index contributed by atoms with van der Waals surface area (Å²) >= 11 is 0. The van der Waals surface area contributed by atoms with Gasteiger partial charge in [-0.3, -0.25) is 4.98 Å². The molecule has 0 saturated carbocycles. The molecule has 0 amide bonds. The van der Waals surface area contributed by atoms with Crippen molar-refractivity contribution in [2.45, 2.75) is 26.3 Å². The molecule has 0 radical (unpaired) electrons. The molecule has 2 aromatic heterocycles. The first-order valence-corrected chi connectivity index (χ1v) is 8.14. The lowest BCUT2D eigenvalue weighted by Gasteiger charge is -2.11. The van der Waals surface area contributed by atoms with E-state index in [1.54, 1.807) is 24.0 Å². The number of halogens is 1. The summed E-state index contributed by atoms with van der Waals surface area (Å²) < 4.78 is 21.4. The summed E-state index contributed by atoms with van der Waals surface area (Å²) in [5, 5.41) is 4.42. The Morgan fingerprint density at radius 1 is 1.20 bits per heavy atom. The molecule has 2 N–H and O–H groups in total. The molecular weight excluding hydrogens is 319 g/mol. The summed E-state index contributed by atoms with van der Waals surface area (Å²) in [5.74, 6) is 0.852. The van der Waals surface area contributed by atoms with Gasteiger partial charge in [-0.05, 0) is 29.7 Å². The van der Waals surface area contributed by atoms with Crippen molar-refractivity contribution in [2.24, 2.45) is 12.8 Å². The second kappa shape index (κ2) is 7.03. The van der Waals surface area contributed by atoms with Crippen LogP contribution in [-0.4, -0.2) is 14.8 Å². The van der Waals surface area contributed by atoms with E-state index >= 15 is 0 Å². The molecule has 5 nitrogen and oxygen atoms in total. The summed E-state index contributed by atoms with van der Waals surface area (Å²) in [6, 6.07) is 10.0. The summed E-state index contributed by atoms with van der Waals surface area (Å²) in [4.78, 5) is 4.40. The van der Waals surface area contributed by atoms with Crippen molar-refractivity contribution in [1.82, 2.24) is 14.8 Å². The van der Waals surface area contributed by atoms with Crippen molar-refractivity contribution in [3.05, 3.63) is 59.7 Å². The van der Waals surface area contributed by atoms with Crippen LogP contribution in [0.2, 0.25) is 0 Å². The zero-order valence-corrected chi connectivity index (χ0v) is 14.5. The number of hydrogen-bond acceptors (Lipinski definition) is 4. The van der Waals surface area contributed by atoms with E-state index in [0.717, 1.165) is 11.3 Å². The van der Waals surface area contributed by atoms with E-state index in [-0.39, 0.29) is 11.7 Å². The molecule has 0 bridgehead atoms. The van der Waals surface area contributed by atoms with Crippen molar-refractivity contribution in [3.8, 4) is 22.9 Å². The van der Waals surface area contributed by atoms with E-state index in [9.17, 15) is 4.39 Å². The third kappa shape index (κ3) is 3.69. The van der Waals surface area contributed by atoms with E-state index in [1.165, 1.54) is 12.1 Å². The Labute approximate surface area is 146 Å². The number of nitrogens with two attached hydrogens (primary N) is 1. The summed E-state index contributed by atoms with van der Waals surface area (Å²) in [7, 11) is 1.80. The Balaban J connectivity index is 1.99. The van der Waals surface area contributed by atoms with Crippen molar-refractivity contribution >= 4 is 0 Å². The molecule has 130 valence electrons. The predicted octanol–water partition coefficient (Wildman–Crippen LogP) is 4.00. The zero-order valence-electron chi connectivity index (χ0n) is 14.5. The minimum atomic E-state index is -0.372. The molecule has 0 saturated heterocycles. The lowest BCUT2D eigenvalue weighted by molar-refractivity contribution is 0.428. The molecule has 0 unspecified atom stereocenters. The van der Waals surface area contributed by atoms with Crippen LogP contribution in [0.4, 0.5) is 4.39 Å². The molecular formula is C19H21FN4O. The summed E-state index contributed by atoms with van der Waals surface area (Å²) in [6.07, 6.45) is 1.71. The highest BCUT2D eigenvalue weighted by atomic mass is 19.1. The quantitative estimate of drug-likeness (QED) is 0.762. The van der Waals surface area contributed by atoms with Crippen molar-refractivity contribution in [3.63, 3.8) is 0 Å². The first-order valence-electron chi connectivity index (χ1n) is 8.14. The van der Waals surface area contributed by atoms with Gasteiger partial charge in [0.1, 0.15) is 11.6 Å². The maximum atomic E-state index is 13.8. The minimum Gasteiger partial charge on any atom is -0.438 e. The molecule has 25 heavy (non-hydrogen) atoms. The predicted molar refractivity (Wildman–Crippen MR) is 94.9 cm³/mol. The van der Waals surface area contributed by atoms with E-state index in [0.29, 0.717) is 29.4 Å². The monoisotopic (exact) mass is 340 g/mol. The number of ether oxygens (including phenoxy) is 1. The van der Waals surface area contributed by atoms with Crippen LogP contribution in [0.3, 0.4) is 0 Å². The van der Waals surface area contributed by atoms with Gasteiger partial charge in [0.15, 0.2) is 0 Å². The first kappa shape index (κ1) is 17.1. The number of hydrogen-bond donors (Lipinski definition) is 1. The van der Waals surface area contributed by atoms with Gasteiger partial charge in [0.2, 0.25) is 5.88 Å². The van der Waals surface area contributed by atoms with Crippen molar-refractivity contribution in [2.75, 3.05) is 0 Å². The van der Waals surface area contributed by atoms with E-state index in [2.05, 4.69) is 23.9 Å². The fraction of sp³-hybridized carbons (Fsp3) is 0.263. The highest BCUT2D eigenvalue weighted by Crippen LogP contribution is 2.33.